The summed E-state index contributed by atoms with van der Waals surface area (Å²) in [5.74, 6) is -1.36. The Balaban J connectivity index is 2.18. The number of benzene rings is 1. The molecule has 0 aliphatic rings. The van der Waals surface area contributed by atoms with E-state index in [1.165, 1.54) is 12.1 Å². The lowest BCUT2D eigenvalue weighted by Gasteiger charge is -2.00. The predicted octanol–water partition coefficient (Wildman–Crippen LogP) is 1.80. The number of aromatic nitrogens is 2. The largest absolute Gasteiger partial charge is 0.291 e. The van der Waals surface area contributed by atoms with Crippen LogP contribution in [0.25, 0.3) is 0 Å². The van der Waals surface area contributed by atoms with E-state index < -0.39 is 11.6 Å². The van der Waals surface area contributed by atoms with Gasteiger partial charge in [0.2, 0.25) is 5.95 Å². The van der Waals surface area contributed by atoms with E-state index in [0.29, 0.717) is 5.69 Å². The Kier molecular flexibility index (Phi) is 3.65. The van der Waals surface area contributed by atoms with Gasteiger partial charge in [-0.2, -0.15) is 5.10 Å². The highest BCUT2D eigenvalue weighted by Crippen LogP contribution is 2.09. The Morgan fingerprint density at radius 3 is 2.68 bits per heavy atom. The Hall–Kier alpha value is -2.57. The van der Waals surface area contributed by atoms with Crippen LogP contribution in [0.1, 0.15) is 11.3 Å². The number of nitrogens with zero attached hydrogens (tertiary/aromatic N) is 2. The monoisotopic (exact) mass is 264 g/mol. The summed E-state index contributed by atoms with van der Waals surface area (Å²) in [6.07, 6.45) is 0.979. The molecule has 0 unspecified atom stereocenters. The van der Waals surface area contributed by atoms with Crippen molar-refractivity contribution in [3.63, 3.8) is 0 Å². The maximum atomic E-state index is 13.3. The standard InChI is InChI=1S/C12H10F2N4O/c1-7-5-11(19)17-12(16-7)18-15-6-8-9(13)3-2-4-10(8)14/h2-6H,1H3,(H2,16,17,18,19). The molecule has 1 aromatic carbocycles. The Labute approximate surface area is 107 Å². The maximum Gasteiger partial charge on any atom is 0.252 e. The smallest absolute Gasteiger partial charge is 0.252 e. The molecule has 2 N–H and O–H groups in total. The van der Waals surface area contributed by atoms with Crippen molar-refractivity contribution in [3.05, 3.63) is 57.5 Å². The van der Waals surface area contributed by atoms with Crippen LogP contribution in [0, 0.1) is 18.6 Å². The van der Waals surface area contributed by atoms with E-state index in [-0.39, 0.29) is 17.1 Å². The fourth-order valence-electron chi connectivity index (χ4n) is 1.42. The molecule has 0 bridgehead atoms. The average Bonchev–Trinajstić information content (AvgIpc) is 2.32. The molecule has 1 aromatic heterocycles. The summed E-state index contributed by atoms with van der Waals surface area (Å²) in [7, 11) is 0. The van der Waals surface area contributed by atoms with Crippen LogP contribution in [0.2, 0.25) is 0 Å². The minimum absolute atomic E-state index is 0.0954. The highest BCUT2D eigenvalue weighted by molar-refractivity contribution is 5.80. The van der Waals surface area contributed by atoms with Gasteiger partial charge in [0, 0.05) is 11.8 Å². The SMILES string of the molecule is Cc1cc(=O)[nH]c(NN=Cc2c(F)cccc2F)n1. The highest BCUT2D eigenvalue weighted by atomic mass is 19.1. The molecule has 5 nitrogen and oxygen atoms in total. The molecular weight excluding hydrogens is 254 g/mol. The van der Waals surface area contributed by atoms with Crippen molar-refractivity contribution >= 4 is 12.2 Å². The van der Waals surface area contributed by atoms with Crippen molar-refractivity contribution in [2.75, 3.05) is 5.43 Å². The first kappa shape index (κ1) is 12.9. The molecule has 2 aromatic rings. The summed E-state index contributed by atoms with van der Waals surface area (Å²) in [4.78, 5) is 17.5. The summed E-state index contributed by atoms with van der Waals surface area (Å²) in [6.45, 7) is 1.64. The van der Waals surface area contributed by atoms with Gasteiger partial charge in [-0.15, -0.1) is 0 Å². The van der Waals surface area contributed by atoms with Gasteiger partial charge < -0.3 is 0 Å². The lowest BCUT2D eigenvalue weighted by molar-refractivity contribution is 0.580. The normalized spacial score (nSPS) is 10.9. The molecular formula is C12H10F2N4O. The van der Waals surface area contributed by atoms with Gasteiger partial charge in [-0.25, -0.2) is 19.2 Å². The van der Waals surface area contributed by atoms with Crippen LogP contribution >= 0.6 is 0 Å². The van der Waals surface area contributed by atoms with Crippen LogP contribution < -0.4 is 11.0 Å². The van der Waals surface area contributed by atoms with Crippen molar-refractivity contribution in [1.82, 2.24) is 9.97 Å². The second kappa shape index (κ2) is 5.38. The number of aromatic amines is 1. The van der Waals surface area contributed by atoms with Crippen LogP contribution in [-0.4, -0.2) is 16.2 Å². The third kappa shape index (κ3) is 3.21. The fraction of sp³-hybridized carbons (Fsp3) is 0.0833. The molecule has 0 saturated carbocycles. The number of hydrogen-bond donors (Lipinski definition) is 2. The molecule has 0 radical (unpaired) electrons. The number of nitrogens with one attached hydrogen (secondary N) is 2. The van der Waals surface area contributed by atoms with Crippen molar-refractivity contribution in [2.45, 2.75) is 6.92 Å². The second-order valence-electron chi connectivity index (χ2n) is 3.74. The molecule has 0 saturated heterocycles. The van der Waals surface area contributed by atoms with E-state index in [1.54, 1.807) is 6.92 Å². The summed E-state index contributed by atoms with van der Waals surface area (Å²) in [6, 6.07) is 4.81. The molecule has 0 atom stereocenters. The molecule has 1 heterocycles. The van der Waals surface area contributed by atoms with E-state index in [1.807, 2.05) is 0 Å². The van der Waals surface area contributed by atoms with Crippen LogP contribution in [0.4, 0.5) is 14.7 Å². The van der Waals surface area contributed by atoms with Crippen LogP contribution in [0.3, 0.4) is 0 Å². The van der Waals surface area contributed by atoms with E-state index in [2.05, 4.69) is 20.5 Å². The number of anilines is 1. The van der Waals surface area contributed by atoms with Gasteiger partial charge in [0.05, 0.1) is 11.8 Å². The number of rotatable bonds is 3. The Morgan fingerprint density at radius 2 is 2.05 bits per heavy atom. The second-order valence-corrected chi connectivity index (χ2v) is 3.74. The van der Waals surface area contributed by atoms with Crippen molar-refractivity contribution < 1.29 is 8.78 Å². The minimum atomic E-state index is -0.726. The van der Waals surface area contributed by atoms with Crippen LogP contribution in [-0.2, 0) is 0 Å². The zero-order chi connectivity index (χ0) is 13.8. The quantitative estimate of drug-likeness (QED) is 0.656. The van der Waals surface area contributed by atoms with Gasteiger partial charge in [-0.3, -0.25) is 9.78 Å². The molecule has 0 aliphatic carbocycles. The van der Waals surface area contributed by atoms with E-state index in [4.69, 9.17) is 0 Å². The zero-order valence-corrected chi connectivity index (χ0v) is 9.95. The van der Waals surface area contributed by atoms with E-state index in [9.17, 15) is 13.6 Å². The number of aryl methyl sites for hydroxylation is 1. The van der Waals surface area contributed by atoms with Crippen LogP contribution in [0.15, 0.2) is 34.2 Å². The Morgan fingerprint density at radius 1 is 1.37 bits per heavy atom. The Bertz CT molecular complexity index is 661. The lowest BCUT2D eigenvalue weighted by atomic mass is 10.2. The number of hydrogen-bond acceptors (Lipinski definition) is 4. The van der Waals surface area contributed by atoms with Gasteiger partial charge >= 0.3 is 0 Å². The summed E-state index contributed by atoms with van der Waals surface area (Å²) < 4.78 is 26.5. The predicted molar refractivity (Wildman–Crippen MR) is 67.2 cm³/mol. The number of hydrazone groups is 1. The number of halogens is 2. The van der Waals surface area contributed by atoms with Gasteiger partial charge in [-0.05, 0) is 19.1 Å². The molecule has 0 spiro atoms. The van der Waals surface area contributed by atoms with Gasteiger partial charge in [0.1, 0.15) is 11.6 Å². The summed E-state index contributed by atoms with van der Waals surface area (Å²) in [5.41, 5.74) is 2.28. The molecule has 7 heteroatoms. The van der Waals surface area contributed by atoms with Crippen molar-refractivity contribution in [2.24, 2.45) is 5.10 Å². The third-order valence-electron chi connectivity index (χ3n) is 2.23. The first-order valence-corrected chi connectivity index (χ1v) is 5.37. The van der Waals surface area contributed by atoms with Gasteiger partial charge in [0.25, 0.3) is 5.56 Å². The molecule has 0 amide bonds. The first-order chi connectivity index (χ1) is 9.06. The van der Waals surface area contributed by atoms with Gasteiger partial charge in [-0.1, -0.05) is 6.07 Å². The molecule has 2 rings (SSSR count). The average molecular weight is 264 g/mol. The molecule has 0 aliphatic heterocycles. The maximum absolute atomic E-state index is 13.3. The topological polar surface area (TPSA) is 70.1 Å². The van der Waals surface area contributed by atoms with E-state index >= 15 is 0 Å². The van der Waals surface area contributed by atoms with E-state index in [0.717, 1.165) is 18.3 Å². The van der Waals surface area contributed by atoms with Gasteiger partial charge in [0.15, 0.2) is 0 Å². The molecule has 98 valence electrons. The third-order valence-corrected chi connectivity index (χ3v) is 2.23. The summed E-state index contributed by atoms with van der Waals surface area (Å²) in [5, 5.41) is 3.63. The fourth-order valence-corrected chi connectivity index (χ4v) is 1.42. The van der Waals surface area contributed by atoms with Crippen molar-refractivity contribution in [3.8, 4) is 0 Å². The highest BCUT2D eigenvalue weighted by Gasteiger charge is 2.05. The molecule has 0 fully saturated rings. The summed E-state index contributed by atoms with van der Waals surface area (Å²) >= 11 is 0. The minimum Gasteiger partial charge on any atom is -0.291 e. The molecule has 19 heavy (non-hydrogen) atoms. The zero-order valence-electron chi connectivity index (χ0n) is 9.95. The first-order valence-electron chi connectivity index (χ1n) is 5.37. The lowest BCUT2D eigenvalue weighted by Crippen LogP contribution is -2.10. The van der Waals surface area contributed by atoms with Crippen molar-refractivity contribution in [1.29, 1.82) is 0 Å². The number of H-pyrrole nitrogens is 1. The van der Waals surface area contributed by atoms with Crippen LogP contribution in [0.5, 0.6) is 0 Å².